The molecule has 0 amide bonds. The fourth-order valence-corrected chi connectivity index (χ4v) is 4.26. The van der Waals surface area contributed by atoms with E-state index in [1.807, 2.05) is 60.6 Å². The van der Waals surface area contributed by atoms with Gasteiger partial charge in [0.05, 0.1) is 5.39 Å². The van der Waals surface area contributed by atoms with Crippen LogP contribution in [0.25, 0.3) is 10.1 Å². The molecular weight excluding hydrogens is 659 g/mol. The van der Waals surface area contributed by atoms with Crippen molar-refractivity contribution in [1.29, 1.82) is 0 Å². The third-order valence-electron chi connectivity index (χ3n) is 6.72. The van der Waals surface area contributed by atoms with Gasteiger partial charge in [-0.2, -0.15) is 17.2 Å². The Morgan fingerprint density at radius 2 is 1.73 bits per heavy atom. The van der Waals surface area contributed by atoms with Crippen molar-refractivity contribution in [2.75, 3.05) is 0 Å². The van der Waals surface area contributed by atoms with E-state index in [4.69, 9.17) is 4.74 Å². The first kappa shape index (κ1) is 33.0. The molecule has 0 saturated heterocycles. The number of hydrogen-bond acceptors (Lipinski definition) is 5. The number of carbonyl (C=O) groups is 1. The summed E-state index contributed by atoms with van der Waals surface area (Å²) in [6.07, 6.45) is 4.80. The van der Waals surface area contributed by atoms with E-state index in [1.54, 1.807) is 17.5 Å². The van der Waals surface area contributed by atoms with Crippen LogP contribution in [-0.2, 0) is 24.9 Å². The van der Waals surface area contributed by atoms with Gasteiger partial charge in [-0.1, -0.05) is 69.2 Å². The number of hydrogen-bond donors (Lipinski definition) is 1. The smallest absolute Gasteiger partial charge is 0.225 e. The molecule has 4 nitrogen and oxygen atoms in total. The van der Waals surface area contributed by atoms with Gasteiger partial charge in [-0.15, -0.1) is 23.5 Å². The Labute approximate surface area is 240 Å². The fraction of sp³-hybridized carbons (Fsp3) is 0.484. The summed E-state index contributed by atoms with van der Waals surface area (Å²) in [4.78, 5) is 17.6. The van der Waals surface area contributed by atoms with E-state index in [1.165, 1.54) is 21.2 Å². The van der Waals surface area contributed by atoms with Gasteiger partial charge >= 0.3 is 0 Å². The molecule has 205 valence electrons. The van der Waals surface area contributed by atoms with E-state index in [0.29, 0.717) is 11.8 Å². The summed E-state index contributed by atoms with van der Waals surface area (Å²) < 4.78 is 7.20. The number of ketones is 1. The van der Waals surface area contributed by atoms with Crippen LogP contribution in [0.3, 0.4) is 0 Å². The SMILES string of the molecule is CCC(C)(C)C(=O)/C=C(\O)C(C)(C)CC.Cc1[c-]c(Oc2nccc3sc(C(C)C)cc23)cc(C)c1.[Ir]. The number of carbonyl (C=O) groups excluding carboxylic acids is 1. The van der Waals surface area contributed by atoms with Crippen molar-refractivity contribution in [3.05, 3.63) is 64.4 Å². The topological polar surface area (TPSA) is 59.4 Å². The molecule has 0 aliphatic rings. The van der Waals surface area contributed by atoms with Crippen LogP contribution in [0.1, 0.15) is 90.2 Å². The second-order valence-electron chi connectivity index (χ2n) is 11.0. The first-order chi connectivity index (χ1) is 16.7. The maximum atomic E-state index is 11.8. The molecule has 2 aromatic heterocycles. The number of fused-ring (bicyclic) bond motifs is 1. The van der Waals surface area contributed by atoms with E-state index in [9.17, 15) is 9.90 Å². The summed E-state index contributed by atoms with van der Waals surface area (Å²) in [5.41, 5.74) is 1.56. The monoisotopic (exact) mass is 701 g/mol. The minimum atomic E-state index is -0.377. The molecule has 1 N–H and O–H groups in total. The predicted molar refractivity (Wildman–Crippen MR) is 152 cm³/mol. The van der Waals surface area contributed by atoms with Gasteiger partial charge in [0.15, 0.2) is 5.78 Å². The van der Waals surface area contributed by atoms with Crippen LogP contribution in [0.2, 0.25) is 0 Å². The van der Waals surface area contributed by atoms with Crippen LogP contribution in [-0.4, -0.2) is 15.9 Å². The average Bonchev–Trinajstić information content (AvgIpc) is 3.24. The van der Waals surface area contributed by atoms with Gasteiger partial charge in [0, 0.05) is 58.5 Å². The summed E-state index contributed by atoms with van der Waals surface area (Å²) in [6, 6.07) is 11.5. The number of benzene rings is 1. The Morgan fingerprint density at radius 3 is 2.27 bits per heavy atom. The largest absolute Gasteiger partial charge is 0.512 e. The first-order valence-electron chi connectivity index (χ1n) is 12.7. The molecule has 1 aromatic carbocycles. The summed E-state index contributed by atoms with van der Waals surface area (Å²) in [7, 11) is 0. The number of rotatable bonds is 8. The zero-order chi connectivity index (χ0) is 27.3. The average molecular weight is 701 g/mol. The van der Waals surface area contributed by atoms with Crippen LogP contribution < -0.4 is 4.74 Å². The second kappa shape index (κ2) is 13.7. The maximum absolute atomic E-state index is 11.8. The summed E-state index contributed by atoms with van der Waals surface area (Å²) in [5, 5.41) is 10.9. The van der Waals surface area contributed by atoms with Crippen molar-refractivity contribution in [3.63, 3.8) is 0 Å². The van der Waals surface area contributed by atoms with Gasteiger partial charge in [-0.3, -0.25) is 4.79 Å². The minimum Gasteiger partial charge on any atom is -0.512 e. The Hall–Kier alpha value is -2.01. The third kappa shape index (κ3) is 9.05. The van der Waals surface area contributed by atoms with Crippen molar-refractivity contribution in [3.8, 4) is 11.6 Å². The van der Waals surface area contributed by atoms with E-state index in [0.717, 1.165) is 29.5 Å². The van der Waals surface area contributed by atoms with Crippen LogP contribution >= 0.6 is 11.3 Å². The molecule has 6 heteroatoms. The fourth-order valence-electron chi connectivity index (χ4n) is 3.21. The molecule has 0 aliphatic heterocycles. The van der Waals surface area contributed by atoms with Gasteiger partial charge in [0.1, 0.15) is 5.76 Å². The zero-order valence-corrected chi connectivity index (χ0v) is 27.1. The third-order valence-corrected chi connectivity index (χ3v) is 8.12. The molecule has 0 atom stereocenters. The number of aliphatic hydroxyl groups is 1. The Bertz CT molecular complexity index is 1200. The quantitative estimate of drug-likeness (QED) is 0.145. The Kier molecular flexibility index (Phi) is 12.2. The summed E-state index contributed by atoms with van der Waals surface area (Å²) in [6.45, 7) is 20.1. The van der Waals surface area contributed by atoms with E-state index >= 15 is 0 Å². The molecule has 2 heterocycles. The van der Waals surface area contributed by atoms with Crippen molar-refractivity contribution >= 4 is 27.2 Å². The van der Waals surface area contributed by atoms with E-state index in [-0.39, 0.29) is 42.5 Å². The number of aliphatic hydroxyl groups excluding tert-OH is 1. The molecule has 0 unspecified atom stereocenters. The normalized spacial score (nSPS) is 12.1. The second-order valence-corrected chi connectivity index (χ2v) is 12.1. The number of aromatic nitrogens is 1. The van der Waals surface area contributed by atoms with Crippen molar-refractivity contribution in [2.24, 2.45) is 10.8 Å². The molecule has 3 aromatic rings. The molecule has 0 fully saturated rings. The van der Waals surface area contributed by atoms with Gasteiger partial charge < -0.3 is 9.84 Å². The predicted octanol–water partition coefficient (Wildman–Crippen LogP) is 9.50. The van der Waals surface area contributed by atoms with Crippen molar-refractivity contribution < 1.29 is 34.7 Å². The molecule has 0 bridgehead atoms. The number of allylic oxidation sites excluding steroid dienone is 2. The molecule has 0 spiro atoms. The Morgan fingerprint density at radius 1 is 1.11 bits per heavy atom. The standard InChI is InChI=1S/C18H18NOS.C13H24O2.Ir/c1-11(2)17-10-15-16(21-17)5-6-19-18(15)20-14-8-12(3)7-13(4)9-14;1-7-12(3,4)10(14)9-11(15)13(5,6)8-2;/h5-8,10-11H,1-4H3;9,14H,7-8H2,1-6H3;/q-1;;/b;10-9-;. The van der Waals surface area contributed by atoms with Crippen LogP contribution in [0, 0.1) is 30.7 Å². The molecule has 0 saturated carbocycles. The summed E-state index contributed by atoms with van der Waals surface area (Å²) >= 11 is 1.81. The van der Waals surface area contributed by atoms with E-state index < -0.39 is 0 Å². The van der Waals surface area contributed by atoms with Crippen molar-refractivity contribution in [2.45, 2.75) is 88.0 Å². The molecular formula is C31H42IrNO3S-. The number of nitrogens with zero attached hydrogens (tertiary/aromatic N) is 1. The molecule has 3 rings (SSSR count). The molecule has 0 aliphatic carbocycles. The number of thiophene rings is 1. The molecule has 37 heavy (non-hydrogen) atoms. The Balaban J connectivity index is 0.000000384. The maximum Gasteiger partial charge on any atom is 0.225 e. The van der Waals surface area contributed by atoms with Crippen LogP contribution in [0.5, 0.6) is 11.6 Å². The van der Waals surface area contributed by atoms with Gasteiger partial charge in [-0.25, -0.2) is 4.98 Å². The van der Waals surface area contributed by atoms with Crippen LogP contribution in [0.4, 0.5) is 0 Å². The summed E-state index contributed by atoms with van der Waals surface area (Å²) in [5.74, 6) is 2.10. The number of ether oxygens (including phenoxy) is 1. The van der Waals surface area contributed by atoms with Crippen molar-refractivity contribution in [1.82, 2.24) is 4.98 Å². The number of pyridine rings is 1. The van der Waals surface area contributed by atoms with Gasteiger partial charge in [0.2, 0.25) is 5.88 Å². The van der Waals surface area contributed by atoms with Gasteiger partial charge in [-0.05, 0) is 30.9 Å². The first-order valence-corrected chi connectivity index (χ1v) is 13.5. The minimum absolute atomic E-state index is 0. The van der Waals surface area contributed by atoms with Crippen LogP contribution in [0.15, 0.2) is 42.3 Å². The molecule has 1 radical (unpaired) electrons. The van der Waals surface area contributed by atoms with Gasteiger partial charge in [0.25, 0.3) is 0 Å². The van der Waals surface area contributed by atoms with E-state index in [2.05, 4.69) is 44.0 Å². The number of aryl methyl sites for hydroxylation is 2. The zero-order valence-electron chi connectivity index (χ0n) is 23.9.